The van der Waals surface area contributed by atoms with E-state index in [9.17, 15) is 9.59 Å². The van der Waals surface area contributed by atoms with Gasteiger partial charge in [0.2, 0.25) is 5.91 Å². The van der Waals surface area contributed by atoms with Crippen LogP contribution in [-0.4, -0.2) is 30.0 Å². The highest BCUT2D eigenvalue weighted by molar-refractivity contribution is 7.14. The summed E-state index contributed by atoms with van der Waals surface area (Å²) in [5, 5.41) is 6.38. The van der Waals surface area contributed by atoms with E-state index in [2.05, 4.69) is 15.0 Å². The number of thiazole rings is 1. The molecule has 106 valence electrons. The van der Waals surface area contributed by atoms with E-state index in [1.807, 2.05) is 17.5 Å². The molecule has 0 saturated heterocycles. The molecule has 2 rings (SSSR count). The van der Waals surface area contributed by atoms with Gasteiger partial charge in [0.05, 0.1) is 13.2 Å². The van der Waals surface area contributed by atoms with Crippen molar-refractivity contribution in [3.05, 3.63) is 33.5 Å². The molecule has 0 aromatic carbocycles. The maximum atomic E-state index is 11.9. The molecule has 0 aliphatic heterocycles. The van der Waals surface area contributed by atoms with Gasteiger partial charge in [0.1, 0.15) is 0 Å². The standard InChI is InChI=1S/C12H13N3O3S2/c1-18-11(17)9-6-20-12(14-9)15-10(16)8(13)5-7-3-2-4-19-7/h2-4,6,8H,5,13H2,1H3,(H,14,15,16). The molecule has 0 spiro atoms. The van der Waals surface area contributed by atoms with Crippen molar-refractivity contribution in [2.75, 3.05) is 12.4 Å². The van der Waals surface area contributed by atoms with Gasteiger partial charge in [0.15, 0.2) is 10.8 Å². The number of nitrogens with one attached hydrogen (secondary N) is 1. The molecule has 2 aromatic heterocycles. The fraction of sp³-hybridized carbons (Fsp3) is 0.250. The Morgan fingerprint density at radius 3 is 2.95 bits per heavy atom. The summed E-state index contributed by atoms with van der Waals surface area (Å²) in [4.78, 5) is 28.2. The van der Waals surface area contributed by atoms with Crippen LogP contribution in [0.5, 0.6) is 0 Å². The summed E-state index contributed by atoms with van der Waals surface area (Å²) in [5.74, 6) is -0.867. The fourth-order valence-electron chi connectivity index (χ4n) is 1.47. The number of rotatable bonds is 5. The van der Waals surface area contributed by atoms with Crippen LogP contribution in [0.15, 0.2) is 22.9 Å². The van der Waals surface area contributed by atoms with E-state index in [1.165, 1.54) is 12.5 Å². The third-order valence-corrected chi connectivity index (χ3v) is 4.12. The lowest BCUT2D eigenvalue weighted by molar-refractivity contribution is -0.117. The van der Waals surface area contributed by atoms with Crippen molar-refractivity contribution in [3.8, 4) is 0 Å². The Morgan fingerprint density at radius 2 is 2.30 bits per heavy atom. The van der Waals surface area contributed by atoms with Crippen molar-refractivity contribution >= 4 is 39.7 Å². The van der Waals surface area contributed by atoms with Gasteiger partial charge >= 0.3 is 5.97 Å². The quantitative estimate of drug-likeness (QED) is 0.816. The fourth-order valence-corrected chi connectivity index (χ4v) is 2.91. The monoisotopic (exact) mass is 311 g/mol. The summed E-state index contributed by atoms with van der Waals surface area (Å²) >= 11 is 2.70. The zero-order chi connectivity index (χ0) is 14.5. The average Bonchev–Trinajstić information content (AvgIpc) is 3.09. The third-order valence-electron chi connectivity index (χ3n) is 2.47. The number of methoxy groups -OCH3 is 1. The largest absolute Gasteiger partial charge is 0.464 e. The van der Waals surface area contributed by atoms with Crippen LogP contribution < -0.4 is 11.1 Å². The number of thiophene rings is 1. The van der Waals surface area contributed by atoms with Gasteiger partial charge in [0.25, 0.3) is 0 Å². The van der Waals surface area contributed by atoms with E-state index in [4.69, 9.17) is 5.73 Å². The number of esters is 1. The summed E-state index contributed by atoms with van der Waals surface area (Å²) in [6.45, 7) is 0. The van der Waals surface area contributed by atoms with Crippen LogP contribution in [0.4, 0.5) is 5.13 Å². The molecule has 0 fully saturated rings. The molecule has 2 aromatic rings. The van der Waals surface area contributed by atoms with Crippen molar-refractivity contribution < 1.29 is 14.3 Å². The van der Waals surface area contributed by atoms with Crippen molar-refractivity contribution in [3.63, 3.8) is 0 Å². The topological polar surface area (TPSA) is 94.3 Å². The van der Waals surface area contributed by atoms with Crippen molar-refractivity contribution in [1.82, 2.24) is 4.98 Å². The molecule has 2 heterocycles. The Hall–Kier alpha value is -1.77. The molecule has 1 unspecified atom stereocenters. The summed E-state index contributed by atoms with van der Waals surface area (Å²) in [5.41, 5.74) is 6.00. The minimum absolute atomic E-state index is 0.166. The van der Waals surface area contributed by atoms with E-state index in [1.54, 1.807) is 11.3 Å². The molecule has 6 nitrogen and oxygen atoms in total. The molecule has 0 radical (unpaired) electrons. The molecule has 0 aliphatic rings. The highest BCUT2D eigenvalue weighted by Gasteiger charge is 2.17. The van der Waals surface area contributed by atoms with Crippen LogP contribution in [0.1, 0.15) is 15.4 Å². The van der Waals surface area contributed by atoms with Gasteiger partial charge in [-0.2, -0.15) is 0 Å². The number of aromatic nitrogens is 1. The summed E-state index contributed by atoms with van der Waals surface area (Å²) < 4.78 is 4.54. The van der Waals surface area contributed by atoms with E-state index < -0.39 is 12.0 Å². The number of nitrogens with two attached hydrogens (primary N) is 1. The number of anilines is 1. The average molecular weight is 311 g/mol. The van der Waals surface area contributed by atoms with E-state index in [0.29, 0.717) is 11.6 Å². The van der Waals surface area contributed by atoms with E-state index in [0.717, 1.165) is 16.2 Å². The molecule has 1 atom stereocenters. The Labute approximate surface area is 123 Å². The Balaban J connectivity index is 1.93. The van der Waals surface area contributed by atoms with Crippen molar-refractivity contribution in [2.45, 2.75) is 12.5 Å². The van der Waals surface area contributed by atoms with Gasteiger partial charge < -0.3 is 15.8 Å². The van der Waals surface area contributed by atoms with Crippen LogP contribution >= 0.6 is 22.7 Å². The predicted octanol–water partition coefficient (Wildman–Crippen LogP) is 1.50. The predicted molar refractivity (Wildman–Crippen MR) is 78.1 cm³/mol. The summed E-state index contributed by atoms with van der Waals surface area (Å²) in [6, 6.07) is 3.18. The Kier molecular flexibility index (Phi) is 4.83. The van der Waals surface area contributed by atoms with Gasteiger partial charge in [-0.05, 0) is 11.4 Å². The Morgan fingerprint density at radius 1 is 1.50 bits per heavy atom. The van der Waals surface area contributed by atoms with Gasteiger partial charge in [-0.3, -0.25) is 4.79 Å². The summed E-state index contributed by atoms with van der Waals surface area (Å²) in [6.07, 6.45) is 0.471. The van der Waals surface area contributed by atoms with Crippen LogP contribution in [-0.2, 0) is 16.0 Å². The highest BCUT2D eigenvalue weighted by Crippen LogP contribution is 2.17. The van der Waals surface area contributed by atoms with Crippen molar-refractivity contribution in [2.24, 2.45) is 5.73 Å². The first-order valence-corrected chi connectivity index (χ1v) is 7.48. The van der Waals surface area contributed by atoms with Crippen LogP contribution in [0.3, 0.4) is 0 Å². The van der Waals surface area contributed by atoms with Gasteiger partial charge in [-0.1, -0.05) is 6.07 Å². The molecular formula is C12H13N3O3S2. The molecule has 8 heteroatoms. The zero-order valence-electron chi connectivity index (χ0n) is 10.7. The lowest BCUT2D eigenvalue weighted by Gasteiger charge is -2.09. The van der Waals surface area contributed by atoms with Crippen LogP contribution in [0, 0.1) is 0 Å². The first-order valence-electron chi connectivity index (χ1n) is 5.73. The number of amides is 1. The minimum atomic E-state index is -0.654. The second-order valence-corrected chi connectivity index (χ2v) is 5.80. The van der Waals surface area contributed by atoms with E-state index >= 15 is 0 Å². The van der Waals surface area contributed by atoms with Crippen LogP contribution in [0.2, 0.25) is 0 Å². The smallest absolute Gasteiger partial charge is 0.357 e. The lowest BCUT2D eigenvalue weighted by Crippen LogP contribution is -2.37. The maximum Gasteiger partial charge on any atom is 0.357 e. The highest BCUT2D eigenvalue weighted by atomic mass is 32.1. The lowest BCUT2D eigenvalue weighted by atomic mass is 10.2. The second kappa shape index (κ2) is 6.60. The van der Waals surface area contributed by atoms with Gasteiger partial charge in [-0.15, -0.1) is 22.7 Å². The van der Waals surface area contributed by atoms with Crippen molar-refractivity contribution in [1.29, 1.82) is 0 Å². The molecule has 3 N–H and O–H groups in total. The molecule has 20 heavy (non-hydrogen) atoms. The molecular weight excluding hydrogens is 298 g/mol. The number of ether oxygens (including phenoxy) is 1. The second-order valence-electron chi connectivity index (χ2n) is 3.91. The minimum Gasteiger partial charge on any atom is -0.464 e. The molecule has 0 bridgehead atoms. The first-order chi connectivity index (χ1) is 9.60. The number of hydrogen-bond acceptors (Lipinski definition) is 7. The van der Waals surface area contributed by atoms with Gasteiger partial charge in [0, 0.05) is 16.7 Å². The number of hydrogen-bond donors (Lipinski definition) is 2. The zero-order valence-corrected chi connectivity index (χ0v) is 12.3. The maximum absolute atomic E-state index is 11.9. The third kappa shape index (κ3) is 3.62. The SMILES string of the molecule is COC(=O)c1csc(NC(=O)C(N)Cc2cccs2)n1. The first kappa shape index (κ1) is 14.6. The van der Waals surface area contributed by atoms with E-state index in [-0.39, 0.29) is 11.6 Å². The number of carbonyl (C=O) groups excluding carboxylic acids is 2. The summed E-state index contributed by atoms with van der Waals surface area (Å²) in [7, 11) is 1.27. The number of nitrogens with zero attached hydrogens (tertiary/aromatic N) is 1. The van der Waals surface area contributed by atoms with Gasteiger partial charge in [-0.25, -0.2) is 9.78 Å². The Bertz CT molecular complexity index is 595. The number of carbonyl (C=O) groups is 2. The molecule has 1 amide bonds. The molecule has 0 saturated carbocycles. The normalized spacial score (nSPS) is 11.9. The van der Waals surface area contributed by atoms with Crippen LogP contribution in [0.25, 0.3) is 0 Å². The molecule has 0 aliphatic carbocycles.